The van der Waals surface area contributed by atoms with Crippen molar-refractivity contribution in [1.29, 1.82) is 11.1 Å². The molecule has 0 heterocycles. The molecule has 0 saturated carbocycles. The van der Waals surface area contributed by atoms with E-state index < -0.39 is 0 Å². The first kappa shape index (κ1) is 22.9. The lowest BCUT2D eigenvalue weighted by Crippen LogP contribution is -1.75. The molecule has 0 spiro atoms. The van der Waals surface area contributed by atoms with E-state index in [0.29, 0.717) is 0 Å². The summed E-state index contributed by atoms with van der Waals surface area (Å²) in [6, 6.07) is 20.4. The Morgan fingerprint density at radius 2 is 0.958 bits per heavy atom. The molecular weight excluding hydrogens is 304 g/mol. The molecule has 2 aromatic carbocycles. The van der Waals surface area contributed by atoms with Crippen LogP contribution in [-0.2, 0) is 0 Å². The van der Waals surface area contributed by atoms with Gasteiger partial charge < -0.3 is 11.7 Å². The van der Waals surface area contributed by atoms with E-state index in [1.54, 1.807) is 0 Å². The van der Waals surface area contributed by atoms with E-state index in [9.17, 15) is 0 Å². The van der Waals surface area contributed by atoms with Gasteiger partial charge in [0.15, 0.2) is 12.7 Å². The van der Waals surface area contributed by atoms with Crippen molar-refractivity contribution >= 4 is 12.7 Å². The van der Waals surface area contributed by atoms with E-state index in [1.807, 2.05) is 36.4 Å². The lowest BCUT2D eigenvalue weighted by atomic mass is 10.1. The van der Waals surface area contributed by atoms with Crippen LogP contribution in [0, 0.1) is 24.9 Å². The molecule has 0 aliphatic heterocycles. The van der Waals surface area contributed by atoms with Crippen molar-refractivity contribution < 1.29 is 0 Å². The van der Waals surface area contributed by atoms with Crippen molar-refractivity contribution in [2.24, 2.45) is 32.1 Å². The topological polar surface area (TPSA) is 149 Å². The molecule has 0 aliphatic rings. The Morgan fingerprint density at radius 1 is 0.667 bits per heavy atom. The van der Waals surface area contributed by atoms with Gasteiger partial charge in [-0.15, -0.1) is 10.2 Å². The Balaban J connectivity index is 0. The van der Waals surface area contributed by atoms with Gasteiger partial charge in [-0.3, -0.25) is 0 Å². The van der Waals surface area contributed by atoms with Gasteiger partial charge in [0.1, 0.15) is 0 Å². The largest absolute Gasteiger partial charge is 0.322 e. The van der Waals surface area contributed by atoms with Crippen LogP contribution in [0.5, 0.6) is 0 Å². The van der Waals surface area contributed by atoms with Crippen molar-refractivity contribution in [2.45, 2.75) is 13.8 Å². The SMILES string of the molecule is Cc1ccccc1C.N=NC=NN.N=NC=NN.c1ccccc1. The fourth-order valence-corrected chi connectivity index (χ4v) is 1.11. The molecule has 0 radical (unpaired) electrons. The van der Waals surface area contributed by atoms with Gasteiger partial charge in [-0.1, -0.05) is 60.7 Å². The van der Waals surface area contributed by atoms with E-state index in [-0.39, 0.29) is 0 Å². The Bertz CT molecular complexity index is 518. The van der Waals surface area contributed by atoms with Gasteiger partial charge in [-0.2, -0.15) is 10.2 Å². The van der Waals surface area contributed by atoms with Crippen LogP contribution in [0.25, 0.3) is 0 Å². The zero-order chi connectivity index (χ0) is 18.5. The summed E-state index contributed by atoms with van der Waals surface area (Å²) in [7, 11) is 0. The summed E-state index contributed by atoms with van der Waals surface area (Å²) < 4.78 is 0. The third-order valence-electron chi connectivity index (χ3n) is 2.34. The maximum Gasteiger partial charge on any atom is 0.156 e. The summed E-state index contributed by atoms with van der Waals surface area (Å²) >= 11 is 0. The number of hydrogen-bond donors (Lipinski definition) is 4. The van der Waals surface area contributed by atoms with Gasteiger partial charge in [0.25, 0.3) is 0 Å². The second-order valence-electron chi connectivity index (χ2n) is 4.03. The van der Waals surface area contributed by atoms with Crippen molar-refractivity contribution in [1.82, 2.24) is 0 Å². The third-order valence-corrected chi connectivity index (χ3v) is 2.34. The van der Waals surface area contributed by atoms with Gasteiger partial charge in [-0.05, 0) is 25.0 Å². The summed E-state index contributed by atoms with van der Waals surface area (Å²) in [5.74, 6) is 8.99. The summed E-state index contributed by atoms with van der Waals surface area (Å²) in [6.45, 7) is 4.24. The van der Waals surface area contributed by atoms with Crippen molar-refractivity contribution in [3.05, 3.63) is 71.8 Å². The first-order chi connectivity index (χ1) is 11.6. The molecule has 0 aromatic heterocycles. The highest BCUT2D eigenvalue weighted by molar-refractivity contribution is 5.53. The average molecular weight is 328 g/mol. The molecule has 8 nitrogen and oxygen atoms in total. The minimum atomic E-state index is 0.944. The maximum absolute atomic E-state index is 6.00. The number of aryl methyl sites for hydroxylation is 2. The van der Waals surface area contributed by atoms with Crippen LogP contribution in [-0.4, -0.2) is 12.7 Å². The molecule has 24 heavy (non-hydrogen) atoms. The van der Waals surface area contributed by atoms with Crippen LogP contribution in [0.1, 0.15) is 11.1 Å². The molecule has 0 amide bonds. The van der Waals surface area contributed by atoms with Gasteiger partial charge in [0.05, 0.1) is 0 Å². The lowest BCUT2D eigenvalue weighted by Gasteiger charge is -1.93. The van der Waals surface area contributed by atoms with E-state index in [4.69, 9.17) is 11.1 Å². The minimum Gasteiger partial charge on any atom is -0.322 e. The fourth-order valence-electron chi connectivity index (χ4n) is 1.11. The molecule has 6 N–H and O–H groups in total. The quantitative estimate of drug-likeness (QED) is 0.218. The van der Waals surface area contributed by atoms with E-state index in [1.165, 1.54) is 11.1 Å². The van der Waals surface area contributed by atoms with Gasteiger partial charge in [0.2, 0.25) is 0 Å². The smallest absolute Gasteiger partial charge is 0.156 e. The highest BCUT2D eigenvalue weighted by atomic mass is 15.2. The number of benzene rings is 2. The summed E-state index contributed by atoms with van der Waals surface area (Å²) in [6.07, 6.45) is 1.89. The maximum atomic E-state index is 6.00. The van der Waals surface area contributed by atoms with Crippen molar-refractivity contribution in [3.8, 4) is 0 Å². The van der Waals surface area contributed by atoms with Crippen LogP contribution < -0.4 is 11.7 Å². The Hall–Kier alpha value is -3.42. The van der Waals surface area contributed by atoms with Crippen LogP contribution in [0.2, 0.25) is 0 Å². The Kier molecular flexibility index (Phi) is 18.6. The number of rotatable bonds is 2. The summed E-state index contributed by atoms with van der Waals surface area (Å²) in [4.78, 5) is 0. The second-order valence-corrected chi connectivity index (χ2v) is 4.03. The predicted octanol–water partition coefficient (Wildman–Crippen LogP) is 3.83. The molecule has 2 rings (SSSR count). The average Bonchev–Trinajstić information content (AvgIpc) is 2.62. The van der Waals surface area contributed by atoms with Gasteiger partial charge >= 0.3 is 0 Å². The van der Waals surface area contributed by atoms with E-state index in [0.717, 1.165) is 12.7 Å². The molecule has 0 unspecified atom stereocenters. The van der Waals surface area contributed by atoms with Crippen molar-refractivity contribution in [2.75, 3.05) is 0 Å². The number of nitrogens with one attached hydrogen (secondary N) is 2. The normalized spacial score (nSPS) is 8.75. The number of nitrogens with zero attached hydrogens (tertiary/aromatic N) is 4. The number of hydrazone groups is 2. The monoisotopic (exact) mass is 328 g/mol. The molecule has 2 aromatic rings. The molecule has 128 valence electrons. The van der Waals surface area contributed by atoms with Crippen LogP contribution in [0.4, 0.5) is 0 Å². The predicted molar refractivity (Wildman–Crippen MR) is 98.0 cm³/mol. The number of nitrogens with two attached hydrogens (primary N) is 2. The van der Waals surface area contributed by atoms with Crippen LogP contribution >= 0.6 is 0 Å². The van der Waals surface area contributed by atoms with E-state index in [2.05, 4.69) is 70.2 Å². The van der Waals surface area contributed by atoms with Crippen molar-refractivity contribution in [3.63, 3.8) is 0 Å². The third kappa shape index (κ3) is 18.6. The molecule has 0 atom stereocenters. The molecule has 8 heteroatoms. The molecule has 0 fully saturated rings. The van der Waals surface area contributed by atoms with Crippen LogP contribution in [0.3, 0.4) is 0 Å². The van der Waals surface area contributed by atoms with Gasteiger partial charge in [0, 0.05) is 0 Å². The highest BCUT2D eigenvalue weighted by Gasteiger charge is 1.83. The summed E-state index contributed by atoms with van der Waals surface area (Å²) in [5.41, 5.74) is 14.7. The van der Waals surface area contributed by atoms with Gasteiger partial charge in [-0.25, -0.2) is 11.1 Å². The Labute approximate surface area is 142 Å². The zero-order valence-electron chi connectivity index (χ0n) is 13.9. The highest BCUT2D eigenvalue weighted by Crippen LogP contribution is 2.02. The molecule has 0 saturated heterocycles. The second kappa shape index (κ2) is 19.6. The fraction of sp³-hybridized carbons (Fsp3) is 0.125. The minimum absolute atomic E-state index is 0.944. The standard InChI is InChI=1S/C8H10.C6H6.2CH4N4/c1-7-5-3-4-6-8(7)2;1-2-4-6-5-3-1;2*2-4-1-5-3/h3-6H,1-2H3;1-6H;2*1-2H,3H2. The molecule has 0 aliphatic carbocycles. The first-order valence-corrected chi connectivity index (χ1v) is 6.82. The lowest BCUT2D eigenvalue weighted by molar-refractivity contribution is 1.17. The zero-order valence-corrected chi connectivity index (χ0v) is 13.9. The first-order valence-electron chi connectivity index (χ1n) is 6.82. The Morgan fingerprint density at radius 3 is 1.08 bits per heavy atom. The van der Waals surface area contributed by atoms with E-state index >= 15 is 0 Å². The van der Waals surface area contributed by atoms with Crippen LogP contribution in [0.15, 0.2) is 81.1 Å². The molecular formula is C16H24N8. The summed E-state index contributed by atoms with van der Waals surface area (Å²) in [5, 5.41) is 11.1. The number of hydrogen-bond acceptors (Lipinski definition) is 6. The molecule has 0 bridgehead atoms.